The molecule has 3 aliphatic rings. The van der Waals surface area contributed by atoms with Crippen molar-refractivity contribution in [3.8, 4) is 11.5 Å². The van der Waals surface area contributed by atoms with Gasteiger partial charge in [0, 0.05) is 24.3 Å². The van der Waals surface area contributed by atoms with Crippen molar-refractivity contribution in [2.45, 2.75) is 32.2 Å². The zero-order valence-electron chi connectivity index (χ0n) is 15.1. The van der Waals surface area contributed by atoms with E-state index in [-0.39, 0.29) is 36.2 Å². The van der Waals surface area contributed by atoms with Crippen molar-refractivity contribution in [2.75, 3.05) is 30.2 Å². The molecule has 0 spiro atoms. The molecule has 1 aromatic carbocycles. The highest BCUT2D eigenvalue weighted by atomic mass is 32.2. The molecule has 1 N–H and O–H groups in total. The van der Waals surface area contributed by atoms with Crippen LogP contribution in [0.25, 0.3) is 0 Å². The lowest BCUT2D eigenvalue weighted by molar-refractivity contribution is -0.143. The van der Waals surface area contributed by atoms with E-state index >= 15 is 0 Å². The number of fused-ring (bicyclic) bond motifs is 1. The molecule has 1 saturated carbocycles. The molecule has 2 aliphatic heterocycles. The van der Waals surface area contributed by atoms with E-state index < -0.39 is 15.3 Å². The van der Waals surface area contributed by atoms with Crippen LogP contribution in [-0.2, 0) is 19.4 Å². The summed E-state index contributed by atoms with van der Waals surface area (Å²) in [6.07, 6.45) is 1.37. The van der Waals surface area contributed by atoms with E-state index in [9.17, 15) is 18.0 Å². The first-order chi connectivity index (χ1) is 12.8. The summed E-state index contributed by atoms with van der Waals surface area (Å²) in [4.78, 5) is 27.5. The van der Waals surface area contributed by atoms with Gasteiger partial charge in [-0.2, -0.15) is 0 Å². The standard InChI is InChI=1S/C18H22N2O6S/c1-2-20(13-5-8-27(23,24)10-13)17(22)18(6-7-18)16(21)19-12-3-4-14-15(9-12)26-11-25-14/h3-4,9,13H,2,5-8,10-11H2,1H3,(H,19,21). The number of carbonyl (C=O) groups excluding carboxylic acids is 2. The Bertz CT molecular complexity index is 893. The Morgan fingerprint density at radius 2 is 2.00 bits per heavy atom. The average molecular weight is 394 g/mol. The Kier molecular flexibility index (Phi) is 4.29. The number of ether oxygens (including phenoxy) is 2. The highest BCUT2D eigenvalue weighted by Crippen LogP contribution is 2.49. The molecule has 2 amide bonds. The van der Waals surface area contributed by atoms with Crippen molar-refractivity contribution in [3.63, 3.8) is 0 Å². The van der Waals surface area contributed by atoms with Crippen molar-refractivity contribution >= 4 is 27.3 Å². The van der Waals surface area contributed by atoms with Gasteiger partial charge in [-0.25, -0.2) is 8.42 Å². The Morgan fingerprint density at radius 3 is 2.63 bits per heavy atom. The van der Waals surface area contributed by atoms with Crippen molar-refractivity contribution in [2.24, 2.45) is 5.41 Å². The van der Waals surface area contributed by atoms with Crippen LogP contribution in [0.4, 0.5) is 5.69 Å². The number of amides is 2. The lowest BCUT2D eigenvalue weighted by Gasteiger charge is -2.30. The van der Waals surface area contributed by atoms with Gasteiger partial charge in [0.2, 0.25) is 18.6 Å². The van der Waals surface area contributed by atoms with Gasteiger partial charge in [-0.1, -0.05) is 0 Å². The van der Waals surface area contributed by atoms with Crippen LogP contribution in [0.5, 0.6) is 11.5 Å². The highest BCUT2D eigenvalue weighted by molar-refractivity contribution is 7.91. The average Bonchev–Trinajstić information content (AvgIpc) is 3.19. The van der Waals surface area contributed by atoms with Crippen LogP contribution in [-0.4, -0.2) is 56.0 Å². The summed E-state index contributed by atoms with van der Waals surface area (Å²) in [5, 5.41) is 2.80. The SMILES string of the molecule is CCN(C(=O)C1(C(=O)Nc2ccc3c(c2)OCO3)CC1)C1CCS(=O)(=O)C1. The molecule has 0 bridgehead atoms. The van der Waals surface area contributed by atoms with Gasteiger partial charge >= 0.3 is 0 Å². The number of nitrogens with zero attached hydrogens (tertiary/aromatic N) is 1. The quantitative estimate of drug-likeness (QED) is 0.752. The molecule has 27 heavy (non-hydrogen) atoms. The second kappa shape index (κ2) is 6.40. The Balaban J connectivity index is 1.48. The number of benzene rings is 1. The summed E-state index contributed by atoms with van der Waals surface area (Å²) in [6, 6.07) is 4.74. The van der Waals surface area contributed by atoms with Gasteiger partial charge in [-0.05, 0) is 38.3 Å². The summed E-state index contributed by atoms with van der Waals surface area (Å²) in [5.41, 5.74) is -0.562. The van der Waals surface area contributed by atoms with Crippen LogP contribution >= 0.6 is 0 Å². The largest absolute Gasteiger partial charge is 0.454 e. The summed E-state index contributed by atoms with van der Waals surface area (Å²) in [6.45, 7) is 2.34. The van der Waals surface area contributed by atoms with Crippen molar-refractivity contribution in [1.29, 1.82) is 0 Å². The highest BCUT2D eigenvalue weighted by Gasteiger charge is 2.59. The molecular weight excluding hydrogens is 372 g/mol. The third-order valence-electron chi connectivity index (χ3n) is 5.48. The van der Waals surface area contributed by atoms with Gasteiger partial charge in [0.05, 0.1) is 11.5 Å². The van der Waals surface area contributed by atoms with Crippen LogP contribution in [0.2, 0.25) is 0 Å². The number of sulfone groups is 1. The molecule has 2 heterocycles. The van der Waals surface area contributed by atoms with E-state index in [1.54, 1.807) is 23.1 Å². The molecule has 1 atom stereocenters. The minimum atomic E-state index is -3.10. The predicted molar refractivity (Wildman–Crippen MR) is 97.3 cm³/mol. The van der Waals surface area contributed by atoms with Gasteiger partial charge in [0.1, 0.15) is 5.41 Å². The first-order valence-electron chi connectivity index (χ1n) is 9.07. The van der Waals surface area contributed by atoms with E-state index in [4.69, 9.17) is 9.47 Å². The van der Waals surface area contributed by atoms with Gasteiger partial charge in [-0.15, -0.1) is 0 Å². The normalized spacial score (nSPS) is 23.7. The number of carbonyl (C=O) groups is 2. The maximum Gasteiger partial charge on any atom is 0.240 e. The fourth-order valence-electron chi connectivity index (χ4n) is 3.75. The zero-order chi connectivity index (χ0) is 19.2. The van der Waals surface area contributed by atoms with E-state index in [0.717, 1.165) is 0 Å². The molecule has 9 heteroatoms. The van der Waals surface area contributed by atoms with E-state index in [1.165, 1.54) is 0 Å². The minimum absolute atomic E-state index is 0.0214. The third kappa shape index (κ3) is 3.24. The lowest BCUT2D eigenvalue weighted by Crippen LogP contribution is -2.48. The van der Waals surface area contributed by atoms with E-state index in [2.05, 4.69) is 5.32 Å². The second-order valence-electron chi connectivity index (χ2n) is 7.25. The Hall–Kier alpha value is -2.29. The van der Waals surface area contributed by atoms with Gasteiger partial charge < -0.3 is 19.7 Å². The van der Waals surface area contributed by atoms with E-state index in [0.29, 0.717) is 43.0 Å². The summed E-state index contributed by atoms with van der Waals surface area (Å²) in [5.74, 6) is 0.612. The van der Waals surface area contributed by atoms with Crippen molar-refractivity contribution in [3.05, 3.63) is 18.2 Å². The molecule has 0 aromatic heterocycles. The fraction of sp³-hybridized carbons (Fsp3) is 0.556. The second-order valence-corrected chi connectivity index (χ2v) is 9.48. The van der Waals surface area contributed by atoms with Crippen LogP contribution in [0.3, 0.4) is 0 Å². The molecule has 1 unspecified atom stereocenters. The lowest BCUT2D eigenvalue weighted by atomic mass is 10.0. The maximum atomic E-state index is 13.1. The smallest absolute Gasteiger partial charge is 0.240 e. The molecule has 1 aromatic rings. The fourth-order valence-corrected chi connectivity index (χ4v) is 5.48. The molecule has 0 radical (unpaired) electrons. The van der Waals surface area contributed by atoms with Gasteiger partial charge in [0.25, 0.3) is 0 Å². The van der Waals surface area contributed by atoms with Crippen molar-refractivity contribution < 1.29 is 27.5 Å². The Morgan fingerprint density at radius 1 is 1.26 bits per heavy atom. The van der Waals surface area contributed by atoms with Crippen LogP contribution in [0.1, 0.15) is 26.2 Å². The van der Waals surface area contributed by atoms with Crippen LogP contribution < -0.4 is 14.8 Å². The zero-order valence-corrected chi connectivity index (χ0v) is 15.9. The number of anilines is 1. The topological polar surface area (TPSA) is 102 Å². The summed E-state index contributed by atoms with van der Waals surface area (Å²) < 4.78 is 34.1. The third-order valence-corrected chi connectivity index (χ3v) is 7.23. The number of nitrogens with one attached hydrogen (secondary N) is 1. The summed E-state index contributed by atoms with van der Waals surface area (Å²) in [7, 11) is -3.10. The molecule has 8 nitrogen and oxygen atoms in total. The van der Waals surface area contributed by atoms with Crippen LogP contribution in [0, 0.1) is 5.41 Å². The molecule has 1 aliphatic carbocycles. The van der Waals surface area contributed by atoms with E-state index in [1.807, 2.05) is 6.92 Å². The predicted octanol–water partition coefficient (Wildman–Crippen LogP) is 1.17. The number of hydrogen-bond donors (Lipinski definition) is 1. The minimum Gasteiger partial charge on any atom is -0.454 e. The summed E-state index contributed by atoms with van der Waals surface area (Å²) >= 11 is 0. The first kappa shape index (κ1) is 18.1. The number of rotatable bonds is 5. The molecule has 2 fully saturated rings. The molecular formula is C18H22N2O6S. The Labute approximate surface area is 157 Å². The maximum absolute atomic E-state index is 13.1. The number of hydrogen-bond acceptors (Lipinski definition) is 6. The first-order valence-corrected chi connectivity index (χ1v) is 10.9. The molecule has 1 saturated heterocycles. The van der Waals surface area contributed by atoms with Gasteiger partial charge in [0.15, 0.2) is 21.3 Å². The monoisotopic (exact) mass is 394 g/mol. The van der Waals surface area contributed by atoms with Gasteiger partial charge in [-0.3, -0.25) is 9.59 Å². The van der Waals surface area contributed by atoms with Crippen molar-refractivity contribution in [1.82, 2.24) is 4.90 Å². The molecule has 146 valence electrons. The molecule has 4 rings (SSSR count). The van der Waals surface area contributed by atoms with Crippen LogP contribution in [0.15, 0.2) is 18.2 Å².